The molecule has 0 aliphatic carbocycles. The number of fused-ring (bicyclic) bond motifs is 1. The number of anilines is 1. The van der Waals surface area contributed by atoms with Gasteiger partial charge in [-0.15, -0.1) is 11.3 Å². The summed E-state index contributed by atoms with van der Waals surface area (Å²) < 4.78 is 0. The van der Waals surface area contributed by atoms with Crippen molar-refractivity contribution in [2.75, 3.05) is 4.90 Å². The summed E-state index contributed by atoms with van der Waals surface area (Å²) in [6, 6.07) is 10.4. The number of hydrogen-bond donors (Lipinski definition) is 0. The molecule has 0 N–H and O–H groups in total. The molecule has 5 heteroatoms. The molecule has 3 aromatic rings. The van der Waals surface area contributed by atoms with Crippen LogP contribution < -0.4 is 4.90 Å². The second-order valence-electron chi connectivity index (χ2n) is 5.80. The van der Waals surface area contributed by atoms with E-state index in [1.165, 1.54) is 16.9 Å². The lowest BCUT2D eigenvalue weighted by Crippen LogP contribution is -2.35. The zero-order valence-corrected chi connectivity index (χ0v) is 14.6. The van der Waals surface area contributed by atoms with Gasteiger partial charge in [-0.2, -0.15) is 11.3 Å². The van der Waals surface area contributed by atoms with E-state index in [0.717, 1.165) is 33.3 Å². The number of hydrogen-bond acceptors (Lipinski definition) is 4. The summed E-state index contributed by atoms with van der Waals surface area (Å²) in [4.78, 5) is 20.4. The van der Waals surface area contributed by atoms with Crippen molar-refractivity contribution in [1.82, 2.24) is 4.98 Å². The second kappa shape index (κ2) is 5.58. The predicted octanol–water partition coefficient (Wildman–Crippen LogP) is 4.77. The first-order valence-electron chi connectivity index (χ1n) is 7.56. The first-order chi connectivity index (χ1) is 11.1. The van der Waals surface area contributed by atoms with Gasteiger partial charge in [0, 0.05) is 22.7 Å². The Morgan fingerprint density at radius 1 is 1.30 bits per heavy atom. The van der Waals surface area contributed by atoms with E-state index >= 15 is 0 Å². The number of para-hydroxylation sites is 1. The van der Waals surface area contributed by atoms with Crippen molar-refractivity contribution in [3.8, 4) is 10.6 Å². The number of nitrogens with zero attached hydrogens (tertiary/aromatic N) is 2. The Morgan fingerprint density at radius 2 is 2.13 bits per heavy atom. The minimum absolute atomic E-state index is 0.0685. The molecule has 0 saturated carbocycles. The molecule has 0 radical (unpaired) electrons. The Balaban J connectivity index is 1.73. The van der Waals surface area contributed by atoms with Gasteiger partial charge < -0.3 is 4.90 Å². The van der Waals surface area contributed by atoms with E-state index in [1.807, 2.05) is 41.5 Å². The van der Waals surface area contributed by atoms with Gasteiger partial charge >= 0.3 is 0 Å². The van der Waals surface area contributed by atoms with Crippen LogP contribution in [0.15, 0.2) is 41.1 Å². The molecule has 116 valence electrons. The van der Waals surface area contributed by atoms with Crippen molar-refractivity contribution in [3.05, 3.63) is 57.2 Å². The highest BCUT2D eigenvalue weighted by molar-refractivity contribution is 7.17. The summed E-state index contributed by atoms with van der Waals surface area (Å²) in [6.45, 7) is 4.03. The molecule has 0 saturated heterocycles. The third-order valence-corrected chi connectivity index (χ3v) is 6.06. The van der Waals surface area contributed by atoms with E-state index in [1.54, 1.807) is 11.3 Å². The SMILES string of the molecule is Cc1nc(-c2ccsc2)sc1C(=O)N1c2ccccc2CC1C. The van der Waals surface area contributed by atoms with Gasteiger partial charge in [0.1, 0.15) is 9.88 Å². The molecule has 0 spiro atoms. The number of aromatic nitrogens is 1. The number of amides is 1. The van der Waals surface area contributed by atoms with Gasteiger partial charge in [0.05, 0.1) is 5.69 Å². The third-order valence-electron chi connectivity index (χ3n) is 4.19. The van der Waals surface area contributed by atoms with E-state index in [0.29, 0.717) is 0 Å². The molecule has 0 fully saturated rings. The molecular weight excluding hydrogens is 324 g/mol. The van der Waals surface area contributed by atoms with Crippen LogP contribution in [0.3, 0.4) is 0 Å². The number of carbonyl (C=O) groups excluding carboxylic acids is 1. The summed E-state index contributed by atoms with van der Waals surface area (Å²) in [7, 11) is 0. The maximum Gasteiger partial charge on any atom is 0.270 e. The fraction of sp³-hybridized carbons (Fsp3) is 0.222. The van der Waals surface area contributed by atoms with Gasteiger partial charge in [-0.1, -0.05) is 18.2 Å². The molecule has 1 aliphatic rings. The molecule has 1 aliphatic heterocycles. The first kappa shape index (κ1) is 14.6. The minimum atomic E-state index is 0.0685. The van der Waals surface area contributed by atoms with Gasteiger partial charge in [-0.3, -0.25) is 4.79 Å². The molecule has 3 nitrogen and oxygen atoms in total. The molecule has 23 heavy (non-hydrogen) atoms. The summed E-state index contributed by atoms with van der Waals surface area (Å²) in [6.07, 6.45) is 0.914. The van der Waals surface area contributed by atoms with Crippen molar-refractivity contribution < 1.29 is 4.79 Å². The summed E-state index contributed by atoms with van der Waals surface area (Å²) in [5, 5.41) is 5.03. The molecule has 2 aromatic heterocycles. The van der Waals surface area contributed by atoms with E-state index < -0.39 is 0 Å². The lowest BCUT2D eigenvalue weighted by Gasteiger charge is -2.22. The molecule has 1 unspecified atom stereocenters. The maximum atomic E-state index is 13.1. The molecule has 1 aromatic carbocycles. The van der Waals surface area contributed by atoms with Crippen molar-refractivity contribution in [1.29, 1.82) is 0 Å². The highest BCUT2D eigenvalue weighted by atomic mass is 32.1. The van der Waals surface area contributed by atoms with Crippen LogP contribution in [-0.4, -0.2) is 16.9 Å². The zero-order chi connectivity index (χ0) is 16.0. The Hall–Kier alpha value is -1.98. The highest BCUT2D eigenvalue weighted by Gasteiger charge is 2.33. The lowest BCUT2D eigenvalue weighted by atomic mass is 10.1. The van der Waals surface area contributed by atoms with Crippen LogP contribution in [0.1, 0.15) is 27.9 Å². The number of thiophene rings is 1. The summed E-state index contributed by atoms with van der Waals surface area (Å²) in [5.41, 5.74) is 4.19. The first-order valence-corrected chi connectivity index (χ1v) is 9.32. The molecule has 1 amide bonds. The third kappa shape index (κ3) is 2.40. The van der Waals surface area contributed by atoms with Crippen LogP contribution in [-0.2, 0) is 6.42 Å². The molecule has 3 heterocycles. The number of benzene rings is 1. The zero-order valence-electron chi connectivity index (χ0n) is 12.9. The van der Waals surface area contributed by atoms with Gasteiger partial charge in [0.15, 0.2) is 0 Å². The van der Waals surface area contributed by atoms with Gasteiger partial charge in [0.2, 0.25) is 0 Å². The minimum Gasteiger partial charge on any atom is -0.304 e. The predicted molar refractivity (Wildman–Crippen MR) is 96.6 cm³/mol. The second-order valence-corrected chi connectivity index (χ2v) is 7.58. The van der Waals surface area contributed by atoms with Crippen molar-refractivity contribution in [3.63, 3.8) is 0 Å². The molecule has 4 rings (SSSR count). The van der Waals surface area contributed by atoms with Crippen molar-refractivity contribution in [2.45, 2.75) is 26.3 Å². The fourth-order valence-electron chi connectivity index (χ4n) is 3.09. The maximum absolute atomic E-state index is 13.1. The quantitative estimate of drug-likeness (QED) is 0.673. The van der Waals surface area contributed by atoms with E-state index in [-0.39, 0.29) is 11.9 Å². The lowest BCUT2D eigenvalue weighted by molar-refractivity contribution is 0.0984. The normalized spacial score (nSPS) is 16.6. The Kier molecular flexibility index (Phi) is 3.54. The van der Waals surface area contributed by atoms with E-state index in [2.05, 4.69) is 23.4 Å². The summed E-state index contributed by atoms with van der Waals surface area (Å²) >= 11 is 3.14. The van der Waals surface area contributed by atoms with Gasteiger partial charge in [-0.05, 0) is 43.3 Å². The number of carbonyl (C=O) groups is 1. The van der Waals surface area contributed by atoms with Crippen LogP contribution in [0.25, 0.3) is 10.6 Å². The topological polar surface area (TPSA) is 33.2 Å². The van der Waals surface area contributed by atoms with Gasteiger partial charge in [0.25, 0.3) is 5.91 Å². The smallest absolute Gasteiger partial charge is 0.270 e. The van der Waals surface area contributed by atoms with Crippen LogP contribution in [0.4, 0.5) is 5.69 Å². The largest absolute Gasteiger partial charge is 0.304 e. The van der Waals surface area contributed by atoms with Crippen molar-refractivity contribution >= 4 is 34.3 Å². The highest BCUT2D eigenvalue weighted by Crippen LogP contribution is 2.36. The average Bonchev–Trinajstić information content (AvgIpc) is 3.23. The summed E-state index contributed by atoms with van der Waals surface area (Å²) in [5.74, 6) is 0.0685. The van der Waals surface area contributed by atoms with Crippen molar-refractivity contribution in [2.24, 2.45) is 0 Å². The average molecular weight is 340 g/mol. The van der Waals surface area contributed by atoms with Crippen LogP contribution in [0, 0.1) is 6.92 Å². The molecule has 1 atom stereocenters. The van der Waals surface area contributed by atoms with Crippen LogP contribution in [0.2, 0.25) is 0 Å². The number of aryl methyl sites for hydroxylation is 1. The fourth-order valence-corrected chi connectivity index (χ4v) is 4.80. The Bertz CT molecular complexity index is 867. The Morgan fingerprint density at radius 3 is 2.91 bits per heavy atom. The van der Waals surface area contributed by atoms with Crippen LogP contribution >= 0.6 is 22.7 Å². The van der Waals surface area contributed by atoms with Crippen LogP contribution in [0.5, 0.6) is 0 Å². The Labute approximate surface area is 143 Å². The standard InChI is InChI=1S/C18H16N2OS2/c1-11-9-13-5-3-4-6-15(13)20(11)18(21)16-12(2)19-17(23-16)14-7-8-22-10-14/h3-8,10-11H,9H2,1-2H3. The molecule has 0 bridgehead atoms. The molecular formula is C18H16N2OS2. The number of rotatable bonds is 2. The van der Waals surface area contributed by atoms with Gasteiger partial charge in [-0.25, -0.2) is 4.98 Å². The number of thiazole rings is 1. The van der Waals surface area contributed by atoms with E-state index in [4.69, 9.17) is 0 Å². The van der Waals surface area contributed by atoms with E-state index in [9.17, 15) is 4.79 Å². The monoisotopic (exact) mass is 340 g/mol.